The van der Waals surface area contributed by atoms with Gasteiger partial charge in [0.2, 0.25) is 5.76 Å². The highest BCUT2D eigenvalue weighted by Crippen LogP contribution is 2.42. The maximum absolute atomic E-state index is 13.8. The number of carbonyl (C=O) groups is 1. The second-order valence-electron chi connectivity index (χ2n) is 9.33. The van der Waals surface area contributed by atoms with E-state index in [4.69, 9.17) is 20.8 Å². The van der Waals surface area contributed by atoms with Crippen LogP contribution in [-0.4, -0.2) is 12.5 Å². The zero-order valence-electron chi connectivity index (χ0n) is 19.9. The van der Waals surface area contributed by atoms with E-state index in [0.29, 0.717) is 45.5 Å². The van der Waals surface area contributed by atoms with Crippen molar-refractivity contribution in [2.24, 2.45) is 5.92 Å². The second-order valence-corrected chi connectivity index (χ2v) is 9.77. The van der Waals surface area contributed by atoms with Crippen molar-refractivity contribution >= 4 is 34.2 Å². The molecule has 0 spiro atoms. The van der Waals surface area contributed by atoms with Crippen LogP contribution in [0.5, 0.6) is 5.75 Å². The molecule has 1 amide bonds. The first-order chi connectivity index (χ1) is 16.8. The molecule has 1 aromatic heterocycles. The maximum atomic E-state index is 13.8. The SMILES string of the molecule is Cc1ccc2oc3c(c(=O)c2c1)C(c1cccc(OCCC(C)C)c1)N(c1cccc(Cl)c1)C3=O. The van der Waals surface area contributed by atoms with Gasteiger partial charge in [0.05, 0.1) is 23.6 Å². The van der Waals surface area contributed by atoms with E-state index in [9.17, 15) is 9.59 Å². The molecule has 5 nitrogen and oxygen atoms in total. The summed E-state index contributed by atoms with van der Waals surface area (Å²) in [6, 6.07) is 19.3. The molecule has 0 saturated carbocycles. The van der Waals surface area contributed by atoms with Gasteiger partial charge in [0.25, 0.3) is 5.91 Å². The molecule has 4 aromatic rings. The number of benzene rings is 3. The summed E-state index contributed by atoms with van der Waals surface area (Å²) >= 11 is 6.27. The third kappa shape index (κ3) is 4.32. The molecule has 0 N–H and O–H groups in total. The summed E-state index contributed by atoms with van der Waals surface area (Å²) in [5, 5.41) is 0.953. The van der Waals surface area contributed by atoms with Gasteiger partial charge >= 0.3 is 0 Å². The van der Waals surface area contributed by atoms with E-state index in [1.807, 2.05) is 37.3 Å². The molecule has 0 radical (unpaired) electrons. The van der Waals surface area contributed by atoms with E-state index in [1.54, 1.807) is 41.3 Å². The minimum Gasteiger partial charge on any atom is -0.494 e. The molecule has 5 rings (SSSR count). The van der Waals surface area contributed by atoms with Gasteiger partial charge in [0, 0.05) is 10.7 Å². The summed E-state index contributed by atoms with van der Waals surface area (Å²) < 4.78 is 12.0. The summed E-state index contributed by atoms with van der Waals surface area (Å²) in [6.45, 7) is 6.81. The van der Waals surface area contributed by atoms with Crippen molar-refractivity contribution in [1.29, 1.82) is 0 Å². The number of hydrogen-bond acceptors (Lipinski definition) is 4. The Morgan fingerprint density at radius 1 is 1.03 bits per heavy atom. The lowest BCUT2D eigenvalue weighted by atomic mass is 9.97. The first kappa shape index (κ1) is 23.2. The Hall–Kier alpha value is -3.57. The lowest BCUT2D eigenvalue weighted by Crippen LogP contribution is -2.29. The van der Waals surface area contributed by atoms with Gasteiger partial charge in [-0.1, -0.05) is 55.3 Å². The van der Waals surface area contributed by atoms with Gasteiger partial charge < -0.3 is 9.15 Å². The second kappa shape index (κ2) is 9.23. The maximum Gasteiger partial charge on any atom is 0.295 e. The highest BCUT2D eigenvalue weighted by Gasteiger charge is 2.43. The molecule has 178 valence electrons. The van der Waals surface area contributed by atoms with Crippen molar-refractivity contribution in [2.45, 2.75) is 33.2 Å². The zero-order chi connectivity index (χ0) is 24.7. The Morgan fingerprint density at radius 2 is 1.83 bits per heavy atom. The molecule has 2 heterocycles. The number of rotatable bonds is 6. The van der Waals surface area contributed by atoms with Crippen LogP contribution in [0.25, 0.3) is 11.0 Å². The molecule has 0 bridgehead atoms. The molecular weight excluding hydrogens is 462 g/mol. The molecule has 0 fully saturated rings. The fourth-order valence-corrected chi connectivity index (χ4v) is 4.67. The number of halogens is 1. The number of aryl methyl sites for hydroxylation is 1. The largest absolute Gasteiger partial charge is 0.494 e. The van der Waals surface area contributed by atoms with Crippen molar-refractivity contribution in [1.82, 2.24) is 0 Å². The average molecular weight is 488 g/mol. The first-order valence-corrected chi connectivity index (χ1v) is 12.1. The van der Waals surface area contributed by atoms with Crippen molar-refractivity contribution < 1.29 is 13.9 Å². The molecule has 0 saturated heterocycles. The molecular formula is C29H26ClNO4. The number of fused-ring (bicyclic) bond motifs is 2. The minimum absolute atomic E-state index is 0.0578. The van der Waals surface area contributed by atoms with E-state index in [1.165, 1.54) is 0 Å². The van der Waals surface area contributed by atoms with Crippen molar-refractivity contribution in [3.63, 3.8) is 0 Å². The highest BCUT2D eigenvalue weighted by molar-refractivity contribution is 6.31. The number of ether oxygens (including phenoxy) is 1. The highest BCUT2D eigenvalue weighted by atomic mass is 35.5. The number of carbonyl (C=O) groups excluding carboxylic acids is 1. The average Bonchev–Trinajstić information content (AvgIpc) is 3.12. The third-order valence-corrected chi connectivity index (χ3v) is 6.48. The summed E-state index contributed by atoms with van der Waals surface area (Å²) in [4.78, 5) is 29.1. The number of hydrogen-bond donors (Lipinski definition) is 0. The van der Waals surface area contributed by atoms with Gasteiger partial charge in [-0.05, 0) is 67.3 Å². The number of amides is 1. The van der Waals surface area contributed by atoms with Gasteiger partial charge in [-0.25, -0.2) is 0 Å². The third-order valence-electron chi connectivity index (χ3n) is 6.25. The summed E-state index contributed by atoms with van der Waals surface area (Å²) in [5.74, 6) is 0.897. The van der Waals surface area contributed by atoms with Crippen LogP contribution in [0, 0.1) is 12.8 Å². The minimum atomic E-state index is -0.675. The molecule has 3 aromatic carbocycles. The van der Waals surface area contributed by atoms with E-state index in [0.717, 1.165) is 17.5 Å². The van der Waals surface area contributed by atoms with Crippen molar-refractivity contribution in [3.8, 4) is 5.75 Å². The molecule has 35 heavy (non-hydrogen) atoms. The summed E-state index contributed by atoms with van der Waals surface area (Å²) in [6.07, 6.45) is 0.929. The lowest BCUT2D eigenvalue weighted by molar-refractivity contribution is 0.0971. The lowest BCUT2D eigenvalue weighted by Gasteiger charge is -2.25. The molecule has 1 aliphatic heterocycles. The Kier molecular flexibility index (Phi) is 6.12. The Labute approximate surface area is 208 Å². The topological polar surface area (TPSA) is 59.8 Å². The van der Waals surface area contributed by atoms with Crippen LogP contribution in [0.3, 0.4) is 0 Å². The molecule has 0 aliphatic carbocycles. The summed E-state index contributed by atoms with van der Waals surface area (Å²) in [7, 11) is 0. The molecule has 1 aliphatic rings. The predicted molar refractivity (Wildman–Crippen MR) is 139 cm³/mol. The van der Waals surface area contributed by atoms with Crippen LogP contribution in [0.1, 0.15) is 53.6 Å². The van der Waals surface area contributed by atoms with Crippen molar-refractivity contribution in [3.05, 3.63) is 104 Å². The number of anilines is 1. The van der Waals surface area contributed by atoms with E-state index < -0.39 is 6.04 Å². The van der Waals surface area contributed by atoms with E-state index in [2.05, 4.69) is 13.8 Å². The van der Waals surface area contributed by atoms with E-state index >= 15 is 0 Å². The van der Waals surface area contributed by atoms with Crippen LogP contribution >= 0.6 is 11.6 Å². The van der Waals surface area contributed by atoms with E-state index in [-0.39, 0.29) is 17.1 Å². The number of nitrogens with zero attached hydrogens (tertiary/aromatic N) is 1. The monoisotopic (exact) mass is 487 g/mol. The smallest absolute Gasteiger partial charge is 0.295 e. The van der Waals surface area contributed by atoms with Crippen molar-refractivity contribution in [2.75, 3.05) is 11.5 Å². The standard InChI is InChI=1S/C29H26ClNO4/c1-17(2)12-13-34-22-9-4-6-19(15-22)26-25-27(32)23-14-18(3)10-11-24(23)35-28(25)29(33)31(26)21-8-5-7-20(30)16-21/h4-11,14-17,26H,12-13H2,1-3H3. The fraction of sp³-hybridized carbons (Fsp3) is 0.241. The Bertz CT molecular complexity index is 1490. The van der Waals surface area contributed by atoms with Crippen LogP contribution in [0.4, 0.5) is 5.69 Å². The normalized spacial score (nSPS) is 15.2. The fourth-order valence-electron chi connectivity index (χ4n) is 4.48. The predicted octanol–water partition coefficient (Wildman–Crippen LogP) is 6.93. The van der Waals surface area contributed by atoms with Crippen LogP contribution in [-0.2, 0) is 0 Å². The van der Waals surface area contributed by atoms with Crippen LogP contribution < -0.4 is 15.1 Å². The van der Waals surface area contributed by atoms with Gasteiger partial charge in [-0.3, -0.25) is 14.5 Å². The quantitative estimate of drug-likeness (QED) is 0.296. The first-order valence-electron chi connectivity index (χ1n) is 11.7. The van der Waals surface area contributed by atoms with Gasteiger partial charge in [0.1, 0.15) is 11.3 Å². The van der Waals surface area contributed by atoms with Gasteiger partial charge in [-0.2, -0.15) is 0 Å². The van der Waals surface area contributed by atoms with Gasteiger partial charge in [-0.15, -0.1) is 0 Å². The van der Waals surface area contributed by atoms with Gasteiger partial charge in [0.15, 0.2) is 5.43 Å². The Balaban J connectivity index is 1.69. The van der Waals surface area contributed by atoms with Crippen LogP contribution in [0.2, 0.25) is 5.02 Å². The van der Waals surface area contributed by atoms with Crippen LogP contribution in [0.15, 0.2) is 75.9 Å². The Morgan fingerprint density at radius 3 is 2.60 bits per heavy atom. The summed E-state index contributed by atoms with van der Waals surface area (Å²) in [5.41, 5.74) is 2.80. The molecule has 1 unspecified atom stereocenters. The zero-order valence-corrected chi connectivity index (χ0v) is 20.6. The molecule has 6 heteroatoms. The molecule has 1 atom stereocenters.